The van der Waals surface area contributed by atoms with E-state index >= 15 is 0 Å². The van der Waals surface area contributed by atoms with Crippen molar-refractivity contribution in [3.8, 4) is 0 Å². The Morgan fingerprint density at radius 3 is 2.57 bits per heavy atom. The first-order chi connectivity index (χ1) is 6.58. The van der Waals surface area contributed by atoms with Crippen molar-refractivity contribution in [1.29, 1.82) is 0 Å². The lowest BCUT2D eigenvalue weighted by Crippen LogP contribution is -2.08. The van der Waals surface area contributed by atoms with Gasteiger partial charge < -0.3 is 0 Å². The summed E-state index contributed by atoms with van der Waals surface area (Å²) in [6, 6.07) is 0. The molecule has 14 heavy (non-hydrogen) atoms. The second-order valence-corrected chi connectivity index (χ2v) is 5.86. The highest BCUT2D eigenvalue weighted by molar-refractivity contribution is 8.77. The molecule has 0 N–H and O–H groups in total. The van der Waals surface area contributed by atoms with E-state index < -0.39 is 0 Å². The highest BCUT2D eigenvalue weighted by atomic mass is 33.1. The van der Waals surface area contributed by atoms with Crippen LogP contribution in [0, 0.1) is 5.41 Å². The number of aliphatic imine (C=N–C) groups is 1. The van der Waals surface area contributed by atoms with E-state index in [1.165, 1.54) is 12.2 Å². The zero-order valence-electron chi connectivity index (χ0n) is 9.25. The van der Waals surface area contributed by atoms with Crippen LogP contribution in [0.3, 0.4) is 0 Å². The number of nitrogens with zero attached hydrogens (tertiary/aromatic N) is 1. The number of rotatable bonds is 7. The highest BCUT2D eigenvalue weighted by Gasteiger charge is 2.17. The van der Waals surface area contributed by atoms with Gasteiger partial charge in [-0.15, -0.1) is 6.58 Å². The Balaban J connectivity index is 4.25. The van der Waals surface area contributed by atoms with Crippen molar-refractivity contribution in [3.63, 3.8) is 0 Å². The SMILES string of the molecule is C=CC(C)(C)/C(=C/SSCCC)N=C. The number of allylic oxidation sites excluding steroid dienone is 1. The van der Waals surface area contributed by atoms with E-state index in [1.54, 1.807) is 10.8 Å². The van der Waals surface area contributed by atoms with Crippen LogP contribution in [-0.2, 0) is 0 Å². The largest absolute Gasteiger partial charge is 0.268 e. The Morgan fingerprint density at radius 1 is 1.50 bits per heavy atom. The minimum atomic E-state index is -0.0818. The summed E-state index contributed by atoms with van der Waals surface area (Å²) in [4.78, 5) is 4.03. The molecule has 0 aromatic rings. The van der Waals surface area contributed by atoms with E-state index in [-0.39, 0.29) is 5.41 Å². The van der Waals surface area contributed by atoms with Gasteiger partial charge in [-0.2, -0.15) is 0 Å². The van der Waals surface area contributed by atoms with Gasteiger partial charge in [0.1, 0.15) is 0 Å². The first kappa shape index (κ1) is 13.8. The smallest absolute Gasteiger partial charge is 0.0561 e. The van der Waals surface area contributed by atoms with Crippen LogP contribution in [0.1, 0.15) is 27.2 Å². The van der Waals surface area contributed by atoms with Gasteiger partial charge in [0.25, 0.3) is 0 Å². The molecule has 0 bridgehead atoms. The zero-order valence-corrected chi connectivity index (χ0v) is 10.9. The topological polar surface area (TPSA) is 12.4 Å². The molecule has 0 aliphatic carbocycles. The minimum Gasteiger partial charge on any atom is -0.268 e. The highest BCUT2D eigenvalue weighted by Crippen LogP contribution is 2.33. The van der Waals surface area contributed by atoms with Crippen LogP contribution in [0.15, 0.2) is 28.8 Å². The monoisotopic (exact) mass is 229 g/mol. The predicted molar refractivity (Wildman–Crippen MR) is 72.0 cm³/mol. The third kappa shape index (κ3) is 4.91. The molecule has 0 amide bonds. The summed E-state index contributed by atoms with van der Waals surface area (Å²) in [7, 11) is 3.57. The molecule has 0 aromatic heterocycles. The van der Waals surface area contributed by atoms with Gasteiger partial charge >= 0.3 is 0 Å². The number of hydrogen-bond donors (Lipinski definition) is 0. The lowest BCUT2D eigenvalue weighted by molar-refractivity contribution is 0.577. The van der Waals surface area contributed by atoms with Crippen molar-refractivity contribution in [3.05, 3.63) is 23.8 Å². The van der Waals surface area contributed by atoms with Crippen LogP contribution in [-0.4, -0.2) is 12.5 Å². The molecule has 0 unspecified atom stereocenters. The second kappa shape index (κ2) is 7.18. The van der Waals surface area contributed by atoms with Crippen LogP contribution < -0.4 is 0 Å². The van der Waals surface area contributed by atoms with Gasteiger partial charge in [0.15, 0.2) is 0 Å². The van der Waals surface area contributed by atoms with Crippen LogP contribution in [0.5, 0.6) is 0 Å². The summed E-state index contributed by atoms with van der Waals surface area (Å²) in [5.74, 6) is 1.17. The molecule has 0 heterocycles. The predicted octanol–water partition coefficient (Wildman–Crippen LogP) is 4.53. The van der Waals surface area contributed by atoms with Crippen molar-refractivity contribution in [2.24, 2.45) is 10.4 Å². The molecule has 0 saturated heterocycles. The van der Waals surface area contributed by atoms with Crippen molar-refractivity contribution in [2.75, 3.05) is 5.75 Å². The van der Waals surface area contributed by atoms with Crippen LogP contribution in [0.4, 0.5) is 0 Å². The lowest BCUT2D eigenvalue weighted by Gasteiger charge is -2.19. The second-order valence-electron chi connectivity index (χ2n) is 3.51. The third-order valence-electron chi connectivity index (χ3n) is 1.86. The maximum Gasteiger partial charge on any atom is 0.0561 e. The standard InChI is InChI=1S/C11H19NS2/c1-6-8-13-14-9-10(12-5)11(3,4)7-2/h7,9H,2,5-6,8H2,1,3-4H3/b10-9-. The summed E-state index contributed by atoms with van der Waals surface area (Å²) in [5, 5.41) is 2.06. The van der Waals surface area contributed by atoms with Gasteiger partial charge in [-0.25, -0.2) is 0 Å². The van der Waals surface area contributed by atoms with Gasteiger partial charge in [-0.1, -0.05) is 48.4 Å². The average molecular weight is 229 g/mol. The molecule has 0 aliphatic heterocycles. The zero-order chi connectivity index (χ0) is 11.0. The Labute approximate surface area is 95.6 Å². The van der Waals surface area contributed by atoms with E-state index in [4.69, 9.17) is 0 Å². The minimum absolute atomic E-state index is 0.0818. The molecule has 0 aromatic carbocycles. The fourth-order valence-electron chi connectivity index (χ4n) is 0.709. The van der Waals surface area contributed by atoms with Crippen molar-refractivity contribution in [1.82, 2.24) is 0 Å². The van der Waals surface area contributed by atoms with Crippen molar-refractivity contribution >= 4 is 28.3 Å². The molecule has 0 aliphatic rings. The molecule has 0 fully saturated rings. The van der Waals surface area contributed by atoms with Crippen molar-refractivity contribution in [2.45, 2.75) is 27.2 Å². The first-order valence-electron chi connectivity index (χ1n) is 4.67. The lowest BCUT2D eigenvalue weighted by atomic mass is 9.91. The van der Waals surface area contributed by atoms with Gasteiger partial charge in [0.05, 0.1) is 5.70 Å². The maximum atomic E-state index is 4.03. The fraction of sp³-hybridized carbons (Fsp3) is 0.545. The summed E-state index contributed by atoms with van der Waals surface area (Å²) >= 11 is 0. The molecular formula is C11H19NS2. The van der Waals surface area contributed by atoms with Crippen molar-refractivity contribution < 1.29 is 0 Å². The fourth-order valence-corrected chi connectivity index (χ4v) is 2.78. The molecule has 0 rings (SSSR count). The van der Waals surface area contributed by atoms with Gasteiger partial charge in [-0.05, 0) is 13.1 Å². The molecule has 1 nitrogen and oxygen atoms in total. The van der Waals surface area contributed by atoms with Gasteiger partial charge in [-0.3, -0.25) is 4.99 Å². The molecule has 0 radical (unpaired) electrons. The summed E-state index contributed by atoms with van der Waals surface area (Å²) in [5.41, 5.74) is 0.905. The summed E-state index contributed by atoms with van der Waals surface area (Å²) in [6.07, 6.45) is 3.10. The molecule has 80 valence electrons. The van der Waals surface area contributed by atoms with E-state index in [2.05, 4.69) is 44.5 Å². The van der Waals surface area contributed by atoms with Crippen LogP contribution in [0.2, 0.25) is 0 Å². The Kier molecular flexibility index (Phi) is 7.11. The van der Waals surface area contributed by atoms with E-state index in [0.717, 1.165) is 5.70 Å². The Morgan fingerprint density at radius 2 is 2.14 bits per heavy atom. The molecular weight excluding hydrogens is 210 g/mol. The van der Waals surface area contributed by atoms with Crippen LogP contribution in [0.25, 0.3) is 0 Å². The number of hydrogen-bond acceptors (Lipinski definition) is 3. The van der Waals surface area contributed by atoms with Crippen LogP contribution >= 0.6 is 21.6 Å². The van der Waals surface area contributed by atoms with E-state index in [0.29, 0.717) is 0 Å². The maximum absolute atomic E-state index is 4.03. The quantitative estimate of drug-likeness (QED) is 0.275. The third-order valence-corrected chi connectivity index (χ3v) is 4.08. The molecule has 0 saturated carbocycles. The molecule has 0 spiro atoms. The summed E-state index contributed by atoms with van der Waals surface area (Å²) in [6.45, 7) is 13.7. The van der Waals surface area contributed by atoms with Gasteiger partial charge in [0.2, 0.25) is 0 Å². The first-order valence-corrected chi connectivity index (χ1v) is 7.06. The molecule has 3 heteroatoms. The summed E-state index contributed by atoms with van der Waals surface area (Å²) < 4.78 is 0. The van der Waals surface area contributed by atoms with E-state index in [9.17, 15) is 0 Å². The molecule has 0 atom stereocenters. The van der Waals surface area contributed by atoms with Gasteiger partial charge in [0, 0.05) is 16.6 Å². The average Bonchev–Trinajstić information content (AvgIpc) is 2.17. The van der Waals surface area contributed by atoms with E-state index in [1.807, 2.05) is 16.9 Å². The Bertz CT molecular complexity index is 219. The Hall–Kier alpha value is -0.150. The normalized spacial score (nSPS) is 12.6.